The molecular formula is C20H24N2O3. The van der Waals surface area contributed by atoms with E-state index in [0.717, 1.165) is 39.0 Å². The quantitative estimate of drug-likeness (QED) is 0.782. The second-order valence-electron chi connectivity index (χ2n) is 8.15. The summed E-state index contributed by atoms with van der Waals surface area (Å²) in [5.74, 6) is 1.85. The van der Waals surface area contributed by atoms with Gasteiger partial charge in [-0.3, -0.25) is 9.59 Å². The molecule has 1 amide bonds. The molecule has 0 unspecified atom stereocenters. The Labute approximate surface area is 147 Å². The van der Waals surface area contributed by atoms with Gasteiger partial charge in [-0.1, -0.05) is 12.1 Å². The third-order valence-corrected chi connectivity index (χ3v) is 6.74. The Morgan fingerprint density at radius 3 is 2.76 bits per heavy atom. The fourth-order valence-corrected chi connectivity index (χ4v) is 5.34. The summed E-state index contributed by atoms with van der Waals surface area (Å²) < 4.78 is 6.39. The summed E-state index contributed by atoms with van der Waals surface area (Å²) >= 11 is 0. The lowest BCUT2D eigenvalue weighted by Crippen LogP contribution is -2.49. The molecule has 25 heavy (non-hydrogen) atoms. The highest BCUT2D eigenvalue weighted by atomic mass is 16.5. The first-order valence-electron chi connectivity index (χ1n) is 9.38. The van der Waals surface area contributed by atoms with Crippen molar-refractivity contribution in [3.05, 3.63) is 29.8 Å². The van der Waals surface area contributed by atoms with E-state index in [4.69, 9.17) is 4.74 Å². The number of amides is 1. The summed E-state index contributed by atoms with van der Waals surface area (Å²) in [6.07, 6.45) is 2.33. The number of carbonyl (C=O) groups is 2. The number of nitrogens with zero attached hydrogens (tertiary/aromatic N) is 2. The first kappa shape index (κ1) is 15.4. The van der Waals surface area contributed by atoms with Crippen LogP contribution >= 0.6 is 0 Å². The molecule has 0 N–H and O–H groups in total. The van der Waals surface area contributed by atoms with Gasteiger partial charge in [0.2, 0.25) is 5.91 Å². The maximum Gasteiger partial charge on any atom is 0.226 e. The SMILES string of the molecule is CN1CCN(C(=O)[C@@H]2[C@@H]3CC[C@@]4(CC(=O)c5ccccc5O4)[C@H]32)CC1. The van der Waals surface area contributed by atoms with Gasteiger partial charge in [-0.05, 0) is 37.9 Å². The fraction of sp³-hybridized carbons (Fsp3) is 0.600. The number of ketones is 1. The van der Waals surface area contributed by atoms with Crippen molar-refractivity contribution in [1.82, 2.24) is 9.80 Å². The molecule has 5 rings (SSSR count). The number of hydrogen-bond donors (Lipinski definition) is 0. The maximum atomic E-state index is 13.0. The average molecular weight is 340 g/mol. The van der Waals surface area contributed by atoms with Gasteiger partial charge in [0.05, 0.1) is 12.0 Å². The van der Waals surface area contributed by atoms with E-state index in [2.05, 4.69) is 11.9 Å². The number of para-hydroxylation sites is 1. The van der Waals surface area contributed by atoms with Gasteiger partial charge in [-0.15, -0.1) is 0 Å². The van der Waals surface area contributed by atoms with Crippen molar-refractivity contribution in [3.8, 4) is 5.75 Å². The van der Waals surface area contributed by atoms with Crippen LogP contribution in [0.3, 0.4) is 0 Å². The van der Waals surface area contributed by atoms with Crippen molar-refractivity contribution >= 4 is 11.7 Å². The average Bonchev–Trinajstić information content (AvgIpc) is 3.26. The van der Waals surface area contributed by atoms with Crippen LogP contribution in [-0.2, 0) is 4.79 Å². The van der Waals surface area contributed by atoms with Crippen LogP contribution in [0.5, 0.6) is 5.75 Å². The van der Waals surface area contributed by atoms with Crippen LogP contribution in [0.2, 0.25) is 0 Å². The highest BCUT2D eigenvalue weighted by Gasteiger charge is 2.71. The van der Waals surface area contributed by atoms with Gasteiger partial charge in [0.25, 0.3) is 0 Å². The number of Topliss-reactive ketones (excluding diaryl/α,β-unsaturated/α-hetero) is 1. The van der Waals surface area contributed by atoms with Crippen LogP contribution in [0.4, 0.5) is 0 Å². The molecular weight excluding hydrogens is 316 g/mol. The summed E-state index contributed by atoms with van der Waals surface area (Å²) in [6, 6.07) is 7.53. The van der Waals surface area contributed by atoms with Gasteiger partial charge in [0.1, 0.15) is 11.4 Å². The number of ether oxygens (including phenoxy) is 1. The molecule has 0 aromatic heterocycles. The molecule has 5 heteroatoms. The Kier molecular flexibility index (Phi) is 3.26. The molecule has 4 atom stereocenters. The second-order valence-corrected chi connectivity index (χ2v) is 8.15. The Hall–Kier alpha value is -1.88. The van der Waals surface area contributed by atoms with Crippen molar-refractivity contribution < 1.29 is 14.3 Å². The van der Waals surface area contributed by atoms with Crippen molar-refractivity contribution in [1.29, 1.82) is 0 Å². The van der Waals surface area contributed by atoms with E-state index < -0.39 is 5.60 Å². The molecule has 1 spiro atoms. The zero-order chi connectivity index (χ0) is 17.2. The highest BCUT2D eigenvalue weighted by molar-refractivity contribution is 6.00. The number of fused-ring (bicyclic) bond motifs is 3. The van der Waals surface area contributed by atoms with Crippen LogP contribution in [0.15, 0.2) is 24.3 Å². The molecule has 0 bridgehead atoms. The lowest BCUT2D eigenvalue weighted by atomic mass is 9.84. The van der Waals surface area contributed by atoms with E-state index in [9.17, 15) is 9.59 Å². The first-order chi connectivity index (χ1) is 12.1. The number of benzene rings is 1. The van der Waals surface area contributed by atoms with E-state index in [0.29, 0.717) is 23.7 Å². The van der Waals surface area contributed by atoms with Crippen LogP contribution in [0.25, 0.3) is 0 Å². The van der Waals surface area contributed by atoms with Gasteiger partial charge in [0.15, 0.2) is 5.78 Å². The molecule has 1 aromatic rings. The Balaban J connectivity index is 1.36. The minimum absolute atomic E-state index is 0.0650. The Morgan fingerprint density at radius 1 is 1.20 bits per heavy atom. The van der Waals surface area contributed by atoms with E-state index in [1.165, 1.54) is 0 Å². The van der Waals surface area contributed by atoms with Gasteiger partial charge < -0.3 is 14.5 Å². The first-order valence-corrected chi connectivity index (χ1v) is 9.38. The monoisotopic (exact) mass is 340 g/mol. The summed E-state index contributed by atoms with van der Waals surface area (Å²) in [5.41, 5.74) is 0.252. The van der Waals surface area contributed by atoms with Crippen molar-refractivity contribution in [2.75, 3.05) is 33.2 Å². The van der Waals surface area contributed by atoms with Crippen molar-refractivity contribution in [2.45, 2.75) is 24.9 Å². The molecule has 2 saturated carbocycles. The number of rotatable bonds is 1. The van der Waals surface area contributed by atoms with E-state index in [1.807, 2.05) is 29.2 Å². The zero-order valence-corrected chi connectivity index (χ0v) is 14.6. The predicted octanol–water partition coefficient (Wildman–Crippen LogP) is 1.82. The topological polar surface area (TPSA) is 49.9 Å². The predicted molar refractivity (Wildman–Crippen MR) is 92.5 cm³/mol. The minimum Gasteiger partial charge on any atom is -0.486 e. The second kappa shape index (κ2) is 5.31. The van der Waals surface area contributed by atoms with Crippen LogP contribution in [0.1, 0.15) is 29.6 Å². The number of likely N-dealkylation sites (N-methyl/N-ethyl adjacent to an activating group) is 1. The van der Waals surface area contributed by atoms with Gasteiger partial charge in [0, 0.05) is 38.0 Å². The third kappa shape index (κ3) is 2.25. The van der Waals surface area contributed by atoms with Gasteiger partial charge in [-0.25, -0.2) is 0 Å². The maximum absolute atomic E-state index is 13.0. The largest absolute Gasteiger partial charge is 0.486 e. The Morgan fingerprint density at radius 2 is 1.96 bits per heavy atom. The summed E-state index contributed by atoms with van der Waals surface area (Å²) in [4.78, 5) is 29.9. The normalized spacial score (nSPS) is 36.8. The minimum atomic E-state index is -0.441. The molecule has 1 saturated heterocycles. The summed E-state index contributed by atoms with van der Waals surface area (Å²) in [5, 5.41) is 0. The molecule has 0 radical (unpaired) electrons. The lowest BCUT2D eigenvalue weighted by molar-refractivity contribution is -0.136. The van der Waals surface area contributed by atoms with E-state index >= 15 is 0 Å². The number of hydrogen-bond acceptors (Lipinski definition) is 4. The molecule has 4 aliphatic rings. The Bertz CT molecular complexity index is 740. The molecule has 2 aliphatic heterocycles. The smallest absolute Gasteiger partial charge is 0.226 e. The third-order valence-electron chi connectivity index (χ3n) is 6.74. The van der Waals surface area contributed by atoms with Crippen LogP contribution in [0, 0.1) is 17.8 Å². The molecule has 2 heterocycles. The van der Waals surface area contributed by atoms with Crippen molar-refractivity contribution in [2.24, 2.45) is 17.8 Å². The van der Waals surface area contributed by atoms with Gasteiger partial charge in [-0.2, -0.15) is 0 Å². The summed E-state index contributed by atoms with van der Waals surface area (Å²) in [6.45, 7) is 3.53. The standard InChI is InChI=1S/C20H24N2O3/c1-21-8-10-22(11-9-21)19(24)17-14-6-7-20(18(14)17)12-15(23)13-4-2-3-5-16(13)25-20/h2-5,14,17-18H,6-12H2,1H3/t14-,17+,18+,20+/m0/s1. The molecule has 2 aliphatic carbocycles. The van der Waals surface area contributed by atoms with Crippen LogP contribution < -0.4 is 4.74 Å². The number of piperazine rings is 1. The molecule has 132 valence electrons. The van der Waals surface area contributed by atoms with E-state index in [1.54, 1.807) is 0 Å². The van der Waals surface area contributed by atoms with E-state index in [-0.39, 0.29) is 23.5 Å². The molecule has 3 fully saturated rings. The lowest BCUT2D eigenvalue weighted by Gasteiger charge is -2.38. The van der Waals surface area contributed by atoms with Crippen molar-refractivity contribution in [3.63, 3.8) is 0 Å². The fourth-order valence-electron chi connectivity index (χ4n) is 5.34. The van der Waals surface area contributed by atoms with Crippen LogP contribution in [-0.4, -0.2) is 60.3 Å². The zero-order valence-electron chi connectivity index (χ0n) is 14.6. The summed E-state index contributed by atoms with van der Waals surface area (Å²) in [7, 11) is 2.10. The van der Waals surface area contributed by atoms with Gasteiger partial charge >= 0.3 is 0 Å². The number of carbonyl (C=O) groups excluding carboxylic acids is 2. The molecule has 5 nitrogen and oxygen atoms in total. The highest BCUT2D eigenvalue weighted by Crippen LogP contribution is 2.66. The molecule has 1 aromatic carbocycles.